The lowest BCUT2D eigenvalue weighted by Crippen LogP contribution is -2.18. The van der Waals surface area contributed by atoms with E-state index in [1.54, 1.807) is 125 Å². The smallest absolute Gasteiger partial charge is 0.256 e. The largest absolute Gasteiger partial charge is 0.494 e. The van der Waals surface area contributed by atoms with Gasteiger partial charge >= 0.3 is 0 Å². The fourth-order valence-corrected chi connectivity index (χ4v) is 7.69. The van der Waals surface area contributed by atoms with Gasteiger partial charge in [-0.05, 0) is 97.8 Å². The summed E-state index contributed by atoms with van der Waals surface area (Å²) in [5.41, 5.74) is 0.517. The number of nitrogens with one attached hydrogen (secondary N) is 8. The summed E-state index contributed by atoms with van der Waals surface area (Å²) in [4.78, 5) is 119. The van der Waals surface area contributed by atoms with Crippen LogP contribution in [0.1, 0.15) is 153 Å². The van der Waals surface area contributed by atoms with E-state index < -0.39 is 23.6 Å². The van der Waals surface area contributed by atoms with Crippen LogP contribution in [0.4, 0.5) is 46.5 Å². The van der Waals surface area contributed by atoms with Crippen LogP contribution in [0.3, 0.4) is 0 Å². The van der Waals surface area contributed by atoms with Crippen LogP contribution in [0.5, 0.6) is 11.5 Å². The Hall–Kier alpha value is -9.60. The molecule has 0 radical (unpaired) electrons. The molecule has 8 amide bonds. The van der Waals surface area contributed by atoms with E-state index >= 15 is 0 Å². The summed E-state index contributed by atoms with van der Waals surface area (Å²) in [6.45, 7) is 7.53. The average molecular weight is 1110 g/mol. The summed E-state index contributed by atoms with van der Waals surface area (Å²) in [7, 11) is 0. The standard InChI is InChI=1S/C59H68N12O10/c1-5-52(72)64-44-22-18-26-48(60-44)68-56(76)38-32-39(57(77)69-49-27-19-23-45(61-49)65-53(73)6-2)35-42(34-38)80-30-16-14-12-10-9-11-13-15-17-31-81-43-36-40(58(78)70-50-28-20-24-46(62-50)66-54(74)7-3)33-41(37-43)59(79)71-51-29-21-25-47(63-51)67-55(75)8-4/h18-29,32-37H,5-17,30-31H2,1-4H3,(H2,60,64,68,72,76)(H2,61,65,69,73,77)(H2,62,66,70,74,78)(H2,63,67,71,75,79). The molecular formula is C59H68N12O10. The van der Waals surface area contributed by atoms with Crippen molar-refractivity contribution in [1.29, 1.82) is 0 Å². The lowest BCUT2D eigenvalue weighted by Gasteiger charge is -2.13. The van der Waals surface area contributed by atoms with Gasteiger partial charge in [-0.1, -0.05) is 96.9 Å². The van der Waals surface area contributed by atoms with Crippen LogP contribution in [0.2, 0.25) is 0 Å². The molecule has 0 saturated heterocycles. The van der Waals surface area contributed by atoms with E-state index in [1.807, 2.05) is 0 Å². The van der Waals surface area contributed by atoms with Gasteiger partial charge in [-0.15, -0.1) is 0 Å². The zero-order valence-corrected chi connectivity index (χ0v) is 45.9. The molecule has 0 unspecified atom stereocenters. The van der Waals surface area contributed by atoms with Gasteiger partial charge in [0.05, 0.1) is 13.2 Å². The molecule has 4 heterocycles. The molecule has 0 aliphatic rings. The lowest BCUT2D eigenvalue weighted by atomic mass is 10.1. The van der Waals surface area contributed by atoms with E-state index in [2.05, 4.69) is 62.5 Å². The summed E-state index contributed by atoms with van der Waals surface area (Å²) in [5.74, 6) is -0.723. The second-order valence-corrected chi connectivity index (χ2v) is 18.4. The van der Waals surface area contributed by atoms with Crippen molar-refractivity contribution in [2.24, 2.45) is 0 Å². The normalized spacial score (nSPS) is 10.6. The van der Waals surface area contributed by atoms with Crippen LogP contribution in [-0.4, -0.2) is 80.4 Å². The van der Waals surface area contributed by atoms with Crippen LogP contribution < -0.4 is 52.0 Å². The molecule has 0 aliphatic heterocycles. The van der Waals surface area contributed by atoms with Crippen molar-refractivity contribution in [3.8, 4) is 11.5 Å². The number of nitrogens with zero attached hydrogens (tertiary/aromatic N) is 4. The quantitative estimate of drug-likeness (QED) is 0.0195. The number of pyridine rings is 4. The zero-order chi connectivity index (χ0) is 57.9. The first-order valence-electron chi connectivity index (χ1n) is 27.1. The molecule has 4 aromatic heterocycles. The van der Waals surface area contributed by atoms with E-state index in [1.165, 1.54) is 12.1 Å². The Morgan fingerprint density at radius 2 is 0.519 bits per heavy atom. The van der Waals surface area contributed by atoms with E-state index in [0.717, 1.165) is 57.8 Å². The molecule has 0 fully saturated rings. The molecule has 0 aliphatic carbocycles. The van der Waals surface area contributed by atoms with Gasteiger partial charge in [0.25, 0.3) is 23.6 Å². The Balaban J connectivity index is 0.976. The van der Waals surface area contributed by atoms with E-state index in [4.69, 9.17) is 9.47 Å². The minimum absolute atomic E-state index is 0.129. The summed E-state index contributed by atoms with van der Waals surface area (Å²) >= 11 is 0. The van der Waals surface area contributed by atoms with Gasteiger partial charge in [-0.3, -0.25) is 38.4 Å². The number of aromatic nitrogens is 4. The lowest BCUT2D eigenvalue weighted by molar-refractivity contribution is -0.116. The molecular weight excluding hydrogens is 1040 g/mol. The van der Waals surface area contributed by atoms with Crippen LogP contribution in [-0.2, 0) is 19.2 Å². The van der Waals surface area contributed by atoms with E-state index in [-0.39, 0.29) is 118 Å². The minimum atomic E-state index is -0.560. The van der Waals surface area contributed by atoms with Crippen LogP contribution in [0, 0.1) is 0 Å². The number of carbonyl (C=O) groups is 8. The van der Waals surface area contributed by atoms with Crippen molar-refractivity contribution >= 4 is 93.8 Å². The molecule has 8 N–H and O–H groups in total. The molecule has 0 saturated carbocycles. The Kier molecular flexibility index (Phi) is 23.7. The summed E-state index contributed by atoms with van der Waals surface area (Å²) in [6, 6.07) is 28.3. The van der Waals surface area contributed by atoms with Crippen molar-refractivity contribution in [2.75, 3.05) is 55.7 Å². The molecule has 22 nitrogen and oxygen atoms in total. The molecule has 0 bridgehead atoms. The number of ether oxygens (including phenoxy) is 2. The number of hydrogen-bond acceptors (Lipinski definition) is 14. The highest BCUT2D eigenvalue weighted by Gasteiger charge is 2.19. The van der Waals surface area contributed by atoms with Gasteiger partial charge in [0.15, 0.2) is 0 Å². The minimum Gasteiger partial charge on any atom is -0.494 e. The summed E-state index contributed by atoms with van der Waals surface area (Å²) < 4.78 is 12.2. The van der Waals surface area contributed by atoms with Gasteiger partial charge in [0.2, 0.25) is 23.6 Å². The molecule has 424 valence electrons. The maximum Gasteiger partial charge on any atom is 0.256 e. The maximum atomic E-state index is 13.6. The van der Waals surface area contributed by atoms with Crippen molar-refractivity contribution < 1.29 is 47.8 Å². The molecule has 6 rings (SSSR count). The number of anilines is 8. The first kappa shape index (κ1) is 60.6. The third-order valence-electron chi connectivity index (χ3n) is 12.0. The van der Waals surface area contributed by atoms with E-state index in [0.29, 0.717) is 24.7 Å². The molecule has 6 aromatic rings. The zero-order valence-electron chi connectivity index (χ0n) is 45.9. The SMILES string of the molecule is CCC(=O)Nc1cccc(NC(=O)c2cc(OCCCCCCCCCCCOc3cc(C(=O)Nc4cccc(NC(=O)CC)n4)cc(C(=O)Nc4cccc(NC(=O)CC)n4)c3)cc(C(=O)Nc3cccc(NC(=O)CC)n3)c2)n1. The summed E-state index contributed by atoms with van der Waals surface area (Å²) in [6.07, 6.45) is 9.29. The van der Waals surface area contributed by atoms with Crippen molar-refractivity contribution in [2.45, 2.75) is 111 Å². The molecule has 0 spiro atoms. The fraction of sp³-hybridized carbons (Fsp3) is 0.322. The average Bonchev–Trinajstić information content (AvgIpc) is 3.46. The highest BCUT2D eigenvalue weighted by molar-refractivity contribution is 6.10. The number of carbonyl (C=O) groups excluding carboxylic acids is 8. The Labute approximate surface area is 469 Å². The number of amides is 8. The first-order chi connectivity index (χ1) is 39.2. The monoisotopic (exact) mass is 1100 g/mol. The Morgan fingerprint density at radius 3 is 0.741 bits per heavy atom. The number of benzene rings is 2. The number of rotatable bonds is 30. The second kappa shape index (κ2) is 31.7. The molecule has 2 aromatic carbocycles. The van der Waals surface area contributed by atoms with Crippen molar-refractivity contribution in [3.63, 3.8) is 0 Å². The molecule has 81 heavy (non-hydrogen) atoms. The van der Waals surface area contributed by atoms with Crippen LogP contribution >= 0.6 is 0 Å². The number of hydrogen-bond donors (Lipinski definition) is 8. The highest BCUT2D eigenvalue weighted by Crippen LogP contribution is 2.24. The fourth-order valence-electron chi connectivity index (χ4n) is 7.69. The highest BCUT2D eigenvalue weighted by atomic mass is 16.5. The number of unbranched alkanes of at least 4 members (excludes halogenated alkanes) is 8. The van der Waals surface area contributed by atoms with E-state index in [9.17, 15) is 38.4 Å². The van der Waals surface area contributed by atoms with Gasteiger partial charge in [-0.2, -0.15) is 0 Å². The van der Waals surface area contributed by atoms with Gasteiger partial charge in [0, 0.05) is 47.9 Å². The third kappa shape index (κ3) is 20.6. The van der Waals surface area contributed by atoms with Crippen molar-refractivity contribution in [1.82, 2.24) is 19.9 Å². The third-order valence-corrected chi connectivity index (χ3v) is 12.0. The molecule has 22 heteroatoms. The van der Waals surface area contributed by atoms with Gasteiger partial charge < -0.3 is 52.0 Å². The Morgan fingerprint density at radius 1 is 0.309 bits per heavy atom. The summed E-state index contributed by atoms with van der Waals surface area (Å²) in [5, 5.41) is 21.6. The van der Waals surface area contributed by atoms with Crippen LogP contribution in [0.15, 0.2) is 109 Å². The first-order valence-corrected chi connectivity index (χ1v) is 27.1. The second-order valence-electron chi connectivity index (χ2n) is 18.4. The van der Waals surface area contributed by atoms with Crippen LogP contribution in [0.25, 0.3) is 0 Å². The predicted molar refractivity (Wildman–Crippen MR) is 310 cm³/mol. The predicted octanol–water partition coefficient (Wildman–Crippen LogP) is 10.6. The van der Waals surface area contributed by atoms with Gasteiger partial charge in [-0.25, -0.2) is 19.9 Å². The van der Waals surface area contributed by atoms with Gasteiger partial charge in [0.1, 0.15) is 58.0 Å². The van der Waals surface area contributed by atoms with Crippen molar-refractivity contribution in [3.05, 3.63) is 131 Å². The topological polar surface area (TPSA) is 303 Å². The Bertz CT molecular complexity index is 2790. The maximum absolute atomic E-state index is 13.6. The molecule has 0 atom stereocenters.